The van der Waals surface area contributed by atoms with Crippen LogP contribution >= 0.6 is 12.4 Å². The number of hydrogen-bond donors (Lipinski definition) is 2. The molecule has 0 aliphatic heterocycles. The zero-order valence-electron chi connectivity index (χ0n) is 12.8. The van der Waals surface area contributed by atoms with E-state index in [1.807, 2.05) is 7.05 Å². The molecule has 20 heavy (non-hydrogen) atoms. The van der Waals surface area contributed by atoms with Gasteiger partial charge in [-0.25, -0.2) is 0 Å². The maximum Gasteiger partial charge on any atom is 0.234 e. The fraction of sp³-hybridized carbons (Fsp3) is 0.933. The second-order valence-corrected chi connectivity index (χ2v) is 6.58. The highest BCUT2D eigenvalue weighted by Gasteiger charge is 2.33. The van der Waals surface area contributed by atoms with Gasteiger partial charge in [-0.05, 0) is 57.4 Å². The molecule has 2 aliphatic rings. The van der Waals surface area contributed by atoms with Gasteiger partial charge in [0.05, 0.1) is 6.54 Å². The third kappa shape index (κ3) is 5.23. The summed E-state index contributed by atoms with van der Waals surface area (Å²) in [6.45, 7) is 3.45. The average Bonchev–Trinajstić information content (AvgIpc) is 3.17. The molecule has 0 radical (unpaired) electrons. The molecule has 0 spiro atoms. The zero-order valence-corrected chi connectivity index (χ0v) is 13.6. The van der Waals surface area contributed by atoms with Crippen LogP contribution in [-0.2, 0) is 4.79 Å². The standard InChI is InChI=1S/C15H29N3O.ClH/c1-11-3-7-13(8-4-11)17-15(19)10-18(2)14(9-16)12-5-6-12;/h11-14H,3-10,16H2,1-2H3,(H,17,19);1H. The van der Waals surface area contributed by atoms with Gasteiger partial charge in [-0.2, -0.15) is 0 Å². The van der Waals surface area contributed by atoms with E-state index in [0.717, 1.165) is 24.7 Å². The summed E-state index contributed by atoms with van der Waals surface area (Å²) in [4.78, 5) is 14.2. The monoisotopic (exact) mass is 303 g/mol. The van der Waals surface area contributed by atoms with Gasteiger partial charge in [0.1, 0.15) is 0 Å². The van der Waals surface area contributed by atoms with Crippen molar-refractivity contribution in [2.24, 2.45) is 17.6 Å². The Bertz CT molecular complexity index is 301. The van der Waals surface area contributed by atoms with E-state index in [2.05, 4.69) is 17.1 Å². The summed E-state index contributed by atoms with van der Waals surface area (Å²) in [6.07, 6.45) is 7.31. The Balaban J connectivity index is 0.00000200. The van der Waals surface area contributed by atoms with Gasteiger partial charge in [0.15, 0.2) is 0 Å². The van der Waals surface area contributed by atoms with Crippen LogP contribution in [0.2, 0.25) is 0 Å². The molecule has 4 nitrogen and oxygen atoms in total. The molecule has 5 heteroatoms. The molecule has 2 aliphatic carbocycles. The molecule has 1 atom stereocenters. The van der Waals surface area contributed by atoms with Crippen LogP contribution in [0.25, 0.3) is 0 Å². The maximum absolute atomic E-state index is 12.1. The quantitative estimate of drug-likeness (QED) is 0.786. The van der Waals surface area contributed by atoms with Crippen molar-refractivity contribution >= 4 is 18.3 Å². The number of carbonyl (C=O) groups excluding carboxylic acids is 1. The van der Waals surface area contributed by atoms with Gasteiger partial charge in [-0.3, -0.25) is 9.69 Å². The molecule has 2 rings (SSSR count). The van der Waals surface area contributed by atoms with E-state index in [0.29, 0.717) is 25.2 Å². The van der Waals surface area contributed by atoms with E-state index in [1.54, 1.807) is 0 Å². The van der Waals surface area contributed by atoms with Crippen LogP contribution < -0.4 is 11.1 Å². The largest absolute Gasteiger partial charge is 0.352 e. The highest BCUT2D eigenvalue weighted by atomic mass is 35.5. The zero-order chi connectivity index (χ0) is 13.8. The molecule has 0 saturated heterocycles. The van der Waals surface area contributed by atoms with E-state index >= 15 is 0 Å². The molecular formula is C15H30ClN3O. The molecule has 0 aromatic heterocycles. The lowest BCUT2D eigenvalue weighted by molar-refractivity contribution is -0.123. The molecule has 2 fully saturated rings. The van der Waals surface area contributed by atoms with Gasteiger partial charge in [0, 0.05) is 18.6 Å². The second-order valence-electron chi connectivity index (χ2n) is 6.58. The predicted molar refractivity (Wildman–Crippen MR) is 85.0 cm³/mol. The summed E-state index contributed by atoms with van der Waals surface area (Å²) in [5.41, 5.74) is 5.82. The summed E-state index contributed by atoms with van der Waals surface area (Å²) in [7, 11) is 2.03. The number of likely N-dealkylation sites (N-methyl/N-ethyl adjacent to an activating group) is 1. The molecule has 2 saturated carbocycles. The summed E-state index contributed by atoms with van der Waals surface area (Å²) >= 11 is 0. The van der Waals surface area contributed by atoms with E-state index in [9.17, 15) is 4.79 Å². The van der Waals surface area contributed by atoms with Crippen molar-refractivity contribution in [2.45, 2.75) is 57.5 Å². The molecule has 0 heterocycles. The lowest BCUT2D eigenvalue weighted by Gasteiger charge is -2.30. The van der Waals surface area contributed by atoms with Gasteiger partial charge in [-0.1, -0.05) is 6.92 Å². The molecule has 1 amide bonds. The third-order valence-electron chi connectivity index (χ3n) is 4.75. The minimum absolute atomic E-state index is 0. The lowest BCUT2D eigenvalue weighted by Crippen LogP contribution is -2.47. The van der Waals surface area contributed by atoms with Crippen molar-refractivity contribution in [1.82, 2.24) is 10.2 Å². The number of carbonyl (C=O) groups is 1. The molecule has 3 N–H and O–H groups in total. The SMILES string of the molecule is CC1CCC(NC(=O)CN(C)C(CN)C2CC2)CC1.Cl. The number of amides is 1. The highest BCUT2D eigenvalue weighted by Crippen LogP contribution is 2.34. The Morgan fingerprint density at radius 1 is 1.25 bits per heavy atom. The Kier molecular flexibility index (Phi) is 7.27. The van der Waals surface area contributed by atoms with E-state index in [-0.39, 0.29) is 18.3 Å². The summed E-state index contributed by atoms with van der Waals surface area (Å²) in [6, 6.07) is 0.784. The molecule has 0 aromatic carbocycles. The fourth-order valence-corrected chi connectivity index (χ4v) is 3.23. The molecule has 1 unspecified atom stereocenters. The first kappa shape index (κ1) is 17.7. The Morgan fingerprint density at radius 2 is 1.85 bits per heavy atom. The number of rotatable bonds is 6. The fourth-order valence-electron chi connectivity index (χ4n) is 3.23. The summed E-state index contributed by atoms with van der Waals surface area (Å²) in [5, 5.41) is 3.19. The van der Waals surface area contributed by atoms with Crippen LogP contribution in [0.15, 0.2) is 0 Å². The maximum atomic E-state index is 12.1. The minimum Gasteiger partial charge on any atom is -0.352 e. The van der Waals surface area contributed by atoms with Gasteiger partial charge >= 0.3 is 0 Å². The average molecular weight is 304 g/mol. The topological polar surface area (TPSA) is 58.4 Å². The second kappa shape index (κ2) is 8.20. The lowest BCUT2D eigenvalue weighted by atomic mass is 9.87. The third-order valence-corrected chi connectivity index (χ3v) is 4.75. The summed E-state index contributed by atoms with van der Waals surface area (Å²) < 4.78 is 0. The van der Waals surface area contributed by atoms with Crippen LogP contribution in [0.1, 0.15) is 45.4 Å². The normalized spacial score (nSPS) is 27.8. The first-order valence-electron chi connectivity index (χ1n) is 7.79. The van der Waals surface area contributed by atoms with Crippen LogP contribution in [0.4, 0.5) is 0 Å². The first-order valence-corrected chi connectivity index (χ1v) is 7.79. The van der Waals surface area contributed by atoms with Gasteiger partial charge in [0.25, 0.3) is 0 Å². The number of hydrogen-bond acceptors (Lipinski definition) is 3. The number of halogens is 1. The van der Waals surface area contributed by atoms with Crippen LogP contribution in [0, 0.1) is 11.8 Å². The minimum atomic E-state index is 0. The molecule has 118 valence electrons. The Hall–Kier alpha value is -0.320. The Morgan fingerprint density at radius 3 is 2.35 bits per heavy atom. The predicted octanol–water partition coefficient (Wildman–Crippen LogP) is 1.77. The van der Waals surface area contributed by atoms with Crippen molar-refractivity contribution in [2.75, 3.05) is 20.1 Å². The van der Waals surface area contributed by atoms with Gasteiger partial charge < -0.3 is 11.1 Å². The first-order chi connectivity index (χ1) is 9.10. The van der Waals surface area contributed by atoms with Crippen molar-refractivity contribution < 1.29 is 4.79 Å². The van der Waals surface area contributed by atoms with Crippen LogP contribution in [0.5, 0.6) is 0 Å². The molecule has 0 aromatic rings. The van der Waals surface area contributed by atoms with Gasteiger partial charge in [0.2, 0.25) is 5.91 Å². The highest BCUT2D eigenvalue weighted by molar-refractivity contribution is 5.85. The van der Waals surface area contributed by atoms with E-state index < -0.39 is 0 Å². The number of nitrogens with zero attached hydrogens (tertiary/aromatic N) is 1. The van der Waals surface area contributed by atoms with Crippen LogP contribution in [-0.4, -0.2) is 43.0 Å². The van der Waals surface area contributed by atoms with Crippen molar-refractivity contribution in [3.05, 3.63) is 0 Å². The van der Waals surface area contributed by atoms with Crippen molar-refractivity contribution in [3.8, 4) is 0 Å². The van der Waals surface area contributed by atoms with E-state index in [4.69, 9.17) is 5.73 Å². The van der Waals surface area contributed by atoms with Crippen molar-refractivity contribution in [3.63, 3.8) is 0 Å². The van der Waals surface area contributed by atoms with E-state index in [1.165, 1.54) is 25.7 Å². The van der Waals surface area contributed by atoms with Crippen molar-refractivity contribution in [1.29, 1.82) is 0 Å². The Labute approximate surface area is 129 Å². The van der Waals surface area contributed by atoms with Crippen LogP contribution in [0.3, 0.4) is 0 Å². The molecule has 0 bridgehead atoms. The number of nitrogens with two attached hydrogens (primary N) is 1. The van der Waals surface area contributed by atoms with Gasteiger partial charge in [-0.15, -0.1) is 12.4 Å². The number of nitrogens with one attached hydrogen (secondary N) is 1. The molecular weight excluding hydrogens is 274 g/mol. The summed E-state index contributed by atoms with van der Waals surface area (Å²) in [5.74, 6) is 1.71. The smallest absolute Gasteiger partial charge is 0.234 e.